The van der Waals surface area contributed by atoms with Crippen LogP contribution in [0.2, 0.25) is 5.02 Å². The van der Waals surface area contributed by atoms with E-state index in [0.717, 1.165) is 17.0 Å². The Kier molecular flexibility index (Phi) is 2.17. The molecule has 0 spiro atoms. The molecule has 0 amide bonds. The minimum atomic E-state index is 0.622. The van der Waals surface area contributed by atoms with E-state index in [1.54, 1.807) is 6.07 Å². The molecule has 0 unspecified atom stereocenters. The summed E-state index contributed by atoms with van der Waals surface area (Å²) in [5, 5.41) is 7.62. The van der Waals surface area contributed by atoms with Crippen LogP contribution < -0.4 is 5.73 Å². The van der Waals surface area contributed by atoms with E-state index >= 15 is 0 Å². The molecule has 0 aliphatic rings. The maximum atomic E-state index is 6.04. The monoisotopic (exact) mass is 207 g/mol. The van der Waals surface area contributed by atoms with E-state index in [4.69, 9.17) is 17.3 Å². The fourth-order valence-corrected chi connectivity index (χ4v) is 1.58. The molecule has 72 valence electrons. The Labute approximate surface area is 86.9 Å². The van der Waals surface area contributed by atoms with Crippen molar-refractivity contribution in [2.45, 2.75) is 6.92 Å². The zero-order valence-corrected chi connectivity index (χ0v) is 8.47. The molecule has 1 heterocycles. The van der Waals surface area contributed by atoms with E-state index < -0.39 is 0 Å². The molecule has 0 fully saturated rings. The second-order valence-corrected chi connectivity index (χ2v) is 3.58. The fraction of sp³-hybridized carbons (Fsp3) is 0.100. The number of hydrogen-bond acceptors (Lipinski definition) is 2. The van der Waals surface area contributed by atoms with E-state index in [1.807, 2.05) is 25.1 Å². The molecule has 0 saturated heterocycles. The number of nitrogen functional groups attached to an aromatic ring is 1. The lowest BCUT2D eigenvalue weighted by Crippen LogP contribution is -1.86. The Bertz CT molecular complexity index is 462. The number of nitrogens with two attached hydrogens (primary N) is 1. The lowest BCUT2D eigenvalue weighted by atomic mass is 10.1. The van der Waals surface area contributed by atoms with Crippen LogP contribution in [-0.2, 0) is 0 Å². The Morgan fingerprint density at radius 1 is 1.36 bits per heavy atom. The lowest BCUT2D eigenvalue weighted by Gasteiger charge is -2.00. The summed E-state index contributed by atoms with van der Waals surface area (Å²) < 4.78 is 0. The van der Waals surface area contributed by atoms with Crippen molar-refractivity contribution < 1.29 is 0 Å². The van der Waals surface area contributed by atoms with E-state index in [9.17, 15) is 0 Å². The molecule has 4 heteroatoms. The first kappa shape index (κ1) is 9.09. The second-order valence-electron chi connectivity index (χ2n) is 3.18. The summed E-state index contributed by atoms with van der Waals surface area (Å²) in [5.41, 5.74) is 9.00. The van der Waals surface area contributed by atoms with Crippen LogP contribution in [0.4, 0.5) is 5.69 Å². The summed E-state index contributed by atoms with van der Waals surface area (Å²) in [6, 6.07) is 7.34. The van der Waals surface area contributed by atoms with Crippen molar-refractivity contribution in [1.29, 1.82) is 0 Å². The number of anilines is 1. The highest BCUT2D eigenvalue weighted by atomic mass is 35.5. The van der Waals surface area contributed by atoms with Gasteiger partial charge >= 0.3 is 0 Å². The molecule has 2 aromatic rings. The van der Waals surface area contributed by atoms with Gasteiger partial charge < -0.3 is 5.73 Å². The van der Waals surface area contributed by atoms with Gasteiger partial charge in [-0.3, -0.25) is 5.10 Å². The molecule has 3 N–H and O–H groups in total. The highest BCUT2D eigenvalue weighted by Gasteiger charge is 2.06. The minimum Gasteiger partial charge on any atom is -0.399 e. The van der Waals surface area contributed by atoms with E-state index in [-0.39, 0.29) is 0 Å². The maximum absolute atomic E-state index is 6.04. The average Bonchev–Trinajstić information content (AvgIpc) is 2.51. The summed E-state index contributed by atoms with van der Waals surface area (Å²) >= 11 is 6.04. The van der Waals surface area contributed by atoms with Crippen LogP contribution in [0.5, 0.6) is 0 Å². The van der Waals surface area contributed by atoms with Gasteiger partial charge in [0.25, 0.3) is 0 Å². The number of aromatic amines is 1. The molecule has 0 saturated carbocycles. The van der Waals surface area contributed by atoms with Crippen LogP contribution >= 0.6 is 11.6 Å². The Morgan fingerprint density at radius 3 is 2.71 bits per heavy atom. The fourth-order valence-electron chi connectivity index (χ4n) is 1.30. The predicted molar refractivity (Wildman–Crippen MR) is 58.2 cm³/mol. The number of hydrogen-bond donors (Lipinski definition) is 2. The third kappa shape index (κ3) is 1.59. The summed E-state index contributed by atoms with van der Waals surface area (Å²) in [6.07, 6.45) is 0. The van der Waals surface area contributed by atoms with Crippen molar-refractivity contribution in [1.82, 2.24) is 10.2 Å². The number of halogens is 1. The quantitative estimate of drug-likeness (QED) is 0.707. The van der Waals surface area contributed by atoms with Gasteiger partial charge in [0.1, 0.15) is 0 Å². The predicted octanol–water partition coefficient (Wildman–Crippen LogP) is 2.62. The summed E-state index contributed by atoms with van der Waals surface area (Å²) in [4.78, 5) is 0. The molecule has 0 aliphatic heterocycles. The lowest BCUT2D eigenvalue weighted by molar-refractivity contribution is 1.05. The van der Waals surface area contributed by atoms with Gasteiger partial charge in [0.15, 0.2) is 0 Å². The average molecular weight is 208 g/mol. The SMILES string of the molecule is Cc1cc(-c2ccc(N)cc2Cl)n[nH]1. The van der Waals surface area contributed by atoms with Gasteiger partial charge in [0, 0.05) is 16.9 Å². The Balaban J connectivity index is 2.52. The molecular formula is C10H10ClN3. The van der Waals surface area contributed by atoms with Crippen LogP contribution in [0.15, 0.2) is 24.3 Å². The van der Waals surface area contributed by atoms with Crippen LogP contribution in [0.1, 0.15) is 5.69 Å². The van der Waals surface area contributed by atoms with E-state index in [2.05, 4.69) is 10.2 Å². The van der Waals surface area contributed by atoms with E-state index in [1.165, 1.54) is 0 Å². The molecule has 1 aromatic carbocycles. The third-order valence-electron chi connectivity index (χ3n) is 1.98. The second kappa shape index (κ2) is 3.35. The maximum Gasteiger partial charge on any atom is 0.0938 e. The van der Waals surface area contributed by atoms with Gasteiger partial charge in [-0.2, -0.15) is 5.10 Å². The molecule has 3 nitrogen and oxygen atoms in total. The molecular weight excluding hydrogens is 198 g/mol. The van der Waals surface area contributed by atoms with Crippen molar-refractivity contribution in [3.8, 4) is 11.3 Å². The van der Waals surface area contributed by atoms with Crippen molar-refractivity contribution >= 4 is 17.3 Å². The van der Waals surface area contributed by atoms with Gasteiger partial charge in [0.05, 0.1) is 10.7 Å². The largest absolute Gasteiger partial charge is 0.399 e. The Morgan fingerprint density at radius 2 is 2.14 bits per heavy atom. The van der Waals surface area contributed by atoms with Crippen molar-refractivity contribution in [3.63, 3.8) is 0 Å². The van der Waals surface area contributed by atoms with Gasteiger partial charge in [-0.05, 0) is 31.2 Å². The first-order valence-electron chi connectivity index (χ1n) is 4.24. The highest BCUT2D eigenvalue weighted by Crippen LogP contribution is 2.28. The summed E-state index contributed by atoms with van der Waals surface area (Å²) in [6.45, 7) is 1.95. The third-order valence-corrected chi connectivity index (χ3v) is 2.29. The number of rotatable bonds is 1. The first-order valence-corrected chi connectivity index (χ1v) is 4.62. The molecule has 0 radical (unpaired) electrons. The standard InChI is InChI=1S/C10H10ClN3/c1-6-4-10(14-13-6)8-3-2-7(12)5-9(8)11/h2-5H,12H2,1H3,(H,13,14). The van der Waals surface area contributed by atoms with Gasteiger partial charge in [-0.1, -0.05) is 11.6 Å². The van der Waals surface area contributed by atoms with Gasteiger partial charge in [-0.25, -0.2) is 0 Å². The van der Waals surface area contributed by atoms with Crippen LogP contribution in [-0.4, -0.2) is 10.2 Å². The number of aryl methyl sites for hydroxylation is 1. The summed E-state index contributed by atoms with van der Waals surface area (Å²) in [7, 11) is 0. The molecule has 0 atom stereocenters. The van der Waals surface area contributed by atoms with Crippen molar-refractivity contribution in [2.75, 3.05) is 5.73 Å². The van der Waals surface area contributed by atoms with E-state index in [0.29, 0.717) is 10.7 Å². The van der Waals surface area contributed by atoms with Crippen molar-refractivity contribution in [2.24, 2.45) is 0 Å². The van der Waals surface area contributed by atoms with Crippen LogP contribution in [0.25, 0.3) is 11.3 Å². The number of nitrogens with zero attached hydrogens (tertiary/aromatic N) is 1. The number of nitrogens with one attached hydrogen (secondary N) is 1. The number of benzene rings is 1. The number of H-pyrrole nitrogens is 1. The zero-order valence-electron chi connectivity index (χ0n) is 7.71. The van der Waals surface area contributed by atoms with Gasteiger partial charge in [0.2, 0.25) is 0 Å². The molecule has 2 rings (SSSR count). The van der Waals surface area contributed by atoms with Crippen LogP contribution in [0.3, 0.4) is 0 Å². The smallest absolute Gasteiger partial charge is 0.0938 e. The first-order chi connectivity index (χ1) is 6.66. The highest BCUT2D eigenvalue weighted by molar-refractivity contribution is 6.33. The molecule has 14 heavy (non-hydrogen) atoms. The molecule has 1 aromatic heterocycles. The molecule has 0 bridgehead atoms. The van der Waals surface area contributed by atoms with Crippen molar-refractivity contribution in [3.05, 3.63) is 35.0 Å². The van der Waals surface area contributed by atoms with Crippen LogP contribution in [0, 0.1) is 6.92 Å². The Hall–Kier alpha value is -1.48. The zero-order chi connectivity index (χ0) is 10.1. The molecule has 0 aliphatic carbocycles. The van der Waals surface area contributed by atoms with Gasteiger partial charge in [-0.15, -0.1) is 0 Å². The number of aromatic nitrogens is 2. The normalized spacial score (nSPS) is 10.4. The summed E-state index contributed by atoms with van der Waals surface area (Å²) in [5.74, 6) is 0. The topological polar surface area (TPSA) is 54.7 Å². The minimum absolute atomic E-state index is 0.622.